The van der Waals surface area contributed by atoms with Crippen LogP contribution in [0.15, 0.2) is 9.98 Å². The number of thiol groups is 1. The third-order valence-electron chi connectivity index (χ3n) is 5.26. The maximum atomic E-state index is 13.2. The van der Waals surface area contributed by atoms with Gasteiger partial charge in [0.2, 0.25) is 17.7 Å². The zero-order valence-electron chi connectivity index (χ0n) is 21.5. The molecular weight excluding hydrogens is 518 g/mol. The van der Waals surface area contributed by atoms with Crippen molar-refractivity contribution in [3.63, 3.8) is 0 Å². The van der Waals surface area contributed by atoms with Gasteiger partial charge in [0.05, 0.1) is 6.04 Å². The fraction of sp³-hybridized carbons (Fsp3) is 0.714. The molecule has 0 radical (unpaired) electrons. The first-order valence-corrected chi connectivity index (χ1v) is 12.9. The summed E-state index contributed by atoms with van der Waals surface area (Å²) in [5, 5.41) is 16.8. The molecular formula is C21H43N11O5S. The van der Waals surface area contributed by atoms with Crippen molar-refractivity contribution in [2.75, 3.05) is 25.4 Å². The predicted octanol–water partition coefficient (Wildman–Crippen LogP) is -3.98. The van der Waals surface area contributed by atoms with Crippen LogP contribution in [-0.2, 0) is 19.2 Å². The smallest absolute Gasteiger partial charge is 0.327 e. The summed E-state index contributed by atoms with van der Waals surface area (Å²) in [4.78, 5) is 57.7. The number of carboxylic acids is 1. The molecule has 0 aromatic rings. The minimum atomic E-state index is -1.28. The summed E-state index contributed by atoms with van der Waals surface area (Å²) in [6.07, 6.45) is 2.57. The summed E-state index contributed by atoms with van der Waals surface area (Å²) >= 11 is 3.93. The van der Waals surface area contributed by atoms with E-state index in [4.69, 9.17) is 34.4 Å². The van der Waals surface area contributed by atoms with Crippen LogP contribution in [-0.4, -0.2) is 90.3 Å². The molecule has 218 valence electrons. The van der Waals surface area contributed by atoms with Crippen molar-refractivity contribution >= 4 is 48.2 Å². The average Bonchev–Trinajstić information content (AvgIpc) is 2.85. The van der Waals surface area contributed by atoms with Gasteiger partial charge in [0.25, 0.3) is 0 Å². The van der Waals surface area contributed by atoms with Crippen LogP contribution >= 0.6 is 12.6 Å². The standard InChI is InChI=1S/C21H43N11O5S/c22-8-2-1-5-12(23)16(33)30-13(6-3-9-28-20(24)25)17(34)31-14(7-4-10-29-21(26)27)18(35)32-15(11-38)19(36)37/h12-15,38H,1-11,22-23H2,(H,30,33)(H,31,34)(H,32,35)(H,36,37)(H4,24,25,28)(H4,26,27,29). The van der Waals surface area contributed by atoms with Gasteiger partial charge in [-0.3, -0.25) is 24.4 Å². The number of unbranched alkanes of at least 4 members (excludes halogenated alkanes) is 1. The highest BCUT2D eigenvalue weighted by Crippen LogP contribution is 2.06. The number of nitrogens with one attached hydrogen (secondary N) is 3. The Morgan fingerprint density at radius 1 is 0.711 bits per heavy atom. The van der Waals surface area contributed by atoms with E-state index >= 15 is 0 Å². The molecule has 16 N–H and O–H groups in total. The Morgan fingerprint density at radius 3 is 1.55 bits per heavy atom. The minimum absolute atomic E-state index is 0.0839. The number of aliphatic imine (C=N–C) groups is 2. The number of amides is 3. The summed E-state index contributed by atoms with van der Waals surface area (Å²) in [6.45, 7) is 0.842. The van der Waals surface area contributed by atoms with Crippen molar-refractivity contribution in [3.8, 4) is 0 Å². The van der Waals surface area contributed by atoms with Crippen molar-refractivity contribution in [2.24, 2.45) is 44.4 Å². The van der Waals surface area contributed by atoms with Crippen LogP contribution in [0.2, 0.25) is 0 Å². The van der Waals surface area contributed by atoms with Crippen LogP contribution in [0.25, 0.3) is 0 Å². The Hall–Kier alpha value is -3.31. The molecule has 0 aromatic heterocycles. The lowest BCUT2D eigenvalue weighted by molar-refractivity contribution is -0.141. The average molecular weight is 562 g/mol. The molecule has 38 heavy (non-hydrogen) atoms. The highest BCUT2D eigenvalue weighted by molar-refractivity contribution is 7.80. The number of carbonyl (C=O) groups excluding carboxylic acids is 3. The van der Waals surface area contributed by atoms with Crippen LogP contribution in [0.5, 0.6) is 0 Å². The predicted molar refractivity (Wildman–Crippen MR) is 148 cm³/mol. The molecule has 0 aromatic carbocycles. The lowest BCUT2D eigenvalue weighted by Gasteiger charge is -2.25. The second-order valence-electron chi connectivity index (χ2n) is 8.49. The molecule has 17 heteroatoms. The molecule has 3 amide bonds. The lowest BCUT2D eigenvalue weighted by Crippen LogP contribution is -2.57. The highest BCUT2D eigenvalue weighted by atomic mass is 32.1. The first kappa shape index (κ1) is 34.7. The zero-order chi connectivity index (χ0) is 29.1. The van der Waals surface area contributed by atoms with E-state index in [1.165, 1.54) is 0 Å². The van der Waals surface area contributed by atoms with Crippen LogP contribution < -0.4 is 50.4 Å². The number of aliphatic carboxylic acids is 1. The lowest BCUT2D eigenvalue weighted by atomic mass is 10.1. The molecule has 0 aliphatic heterocycles. The maximum Gasteiger partial charge on any atom is 0.327 e. The van der Waals surface area contributed by atoms with E-state index in [9.17, 15) is 24.3 Å². The fourth-order valence-electron chi connectivity index (χ4n) is 3.19. The number of nitrogens with two attached hydrogens (primary N) is 6. The largest absolute Gasteiger partial charge is 0.480 e. The van der Waals surface area contributed by atoms with Gasteiger partial charge in [0.15, 0.2) is 11.9 Å². The number of carboxylic acid groups (broad SMARTS) is 1. The molecule has 0 aliphatic carbocycles. The van der Waals surface area contributed by atoms with Gasteiger partial charge >= 0.3 is 5.97 Å². The van der Waals surface area contributed by atoms with Crippen molar-refractivity contribution in [2.45, 2.75) is 69.1 Å². The number of rotatable bonds is 20. The molecule has 0 spiro atoms. The molecule has 0 fully saturated rings. The van der Waals surface area contributed by atoms with Crippen molar-refractivity contribution in [1.29, 1.82) is 0 Å². The number of nitrogens with zero attached hydrogens (tertiary/aromatic N) is 2. The molecule has 0 saturated carbocycles. The Labute approximate surface area is 227 Å². The molecule has 4 unspecified atom stereocenters. The van der Waals surface area contributed by atoms with E-state index in [-0.39, 0.29) is 43.6 Å². The number of hydrogen-bond acceptors (Lipinski definition) is 9. The fourth-order valence-corrected chi connectivity index (χ4v) is 3.44. The summed E-state index contributed by atoms with van der Waals surface area (Å²) in [5.74, 6) is -3.66. The van der Waals surface area contributed by atoms with Gasteiger partial charge in [-0.2, -0.15) is 12.6 Å². The summed E-state index contributed by atoms with van der Waals surface area (Å²) < 4.78 is 0. The molecule has 4 atom stereocenters. The quantitative estimate of drug-likeness (QED) is 0.0294. The van der Waals surface area contributed by atoms with Crippen LogP contribution in [0.3, 0.4) is 0 Å². The van der Waals surface area contributed by atoms with Gasteiger partial charge in [-0.25, -0.2) is 4.79 Å². The van der Waals surface area contributed by atoms with E-state index in [2.05, 4.69) is 38.6 Å². The van der Waals surface area contributed by atoms with E-state index < -0.39 is 47.9 Å². The number of carbonyl (C=O) groups is 4. The van der Waals surface area contributed by atoms with Crippen molar-refractivity contribution < 1.29 is 24.3 Å². The Bertz CT molecular complexity index is 819. The Balaban J connectivity index is 5.60. The summed E-state index contributed by atoms with van der Waals surface area (Å²) in [7, 11) is 0. The van der Waals surface area contributed by atoms with E-state index in [0.29, 0.717) is 38.6 Å². The van der Waals surface area contributed by atoms with Crippen LogP contribution in [0.4, 0.5) is 0 Å². The Morgan fingerprint density at radius 2 is 1.16 bits per heavy atom. The van der Waals surface area contributed by atoms with E-state index in [0.717, 1.165) is 0 Å². The summed E-state index contributed by atoms with van der Waals surface area (Å²) in [5.41, 5.74) is 32.7. The third-order valence-corrected chi connectivity index (χ3v) is 5.62. The number of guanidine groups is 2. The zero-order valence-corrected chi connectivity index (χ0v) is 22.4. The van der Waals surface area contributed by atoms with Gasteiger partial charge in [-0.1, -0.05) is 6.42 Å². The first-order chi connectivity index (χ1) is 17.9. The van der Waals surface area contributed by atoms with Gasteiger partial charge in [0, 0.05) is 18.8 Å². The maximum absolute atomic E-state index is 13.2. The van der Waals surface area contributed by atoms with Crippen LogP contribution in [0, 0.1) is 0 Å². The highest BCUT2D eigenvalue weighted by Gasteiger charge is 2.29. The topological polar surface area (TPSA) is 305 Å². The summed E-state index contributed by atoms with van der Waals surface area (Å²) in [6, 6.07) is -4.34. The van der Waals surface area contributed by atoms with Gasteiger partial charge < -0.3 is 55.5 Å². The van der Waals surface area contributed by atoms with Gasteiger partial charge in [-0.15, -0.1) is 0 Å². The molecule has 0 saturated heterocycles. The molecule has 0 aliphatic rings. The van der Waals surface area contributed by atoms with Gasteiger partial charge in [0.1, 0.15) is 18.1 Å². The van der Waals surface area contributed by atoms with Gasteiger partial charge in [-0.05, 0) is 45.1 Å². The molecule has 16 nitrogen and oxygen atoms in total. The minimum Gasteiger partial charge on any atom is -0.480 e. The number of hydrogen-bond donors (Lipinski definition) is 11. The van der Waals surface area contributed by atoms with Crippen molar-refractivity contribution in [3.05, 3.63) is 0 Å². The molecule has 0 rings (SSSR count). The van der Waals surface area contributed by atoms with E-state index in [1.807, 2.05) is 0 Å². The Kier molecular flexibility index (Phi) is 18.0. The SMILES string of the molecule is NCCCCC(N)C(=O)NC(CCCN=C(N)N)C(=O)NC(CCCN=C(N)N)C(=O)NC(CS)C(=O)O. The third kappa shape index (κ3) is 15.7. The van der Waals surface area contributed by atoms with E-state index in [1.54, 1.807) is 0 Å². The molecule has 0 bridgehead atoms. The second-order valence-corrected chi connectivity index (χ2v) is 8.86. The molecule has 0 heterocycles. The second kappa shape index (κ2) is 19.8. The monoisotopic (exact) mass is 561 g/mol. The van der Waals surface area contributed by atoms with Crippen LogP contribution in [0.1, 0.15) is 44.9 Å². The first-order valence-electron chi connectivity index (χ1n) is 12.2. The normalized spacial score (nSPS) is 13.8. The van der Waals surface area contributed by atoms with Crippen molar-refractivity contribution in [1.82, 2.24) is 16.0 Å².